The molecule has 0 atom stereocenters. The van der Waals surface area contributed by atoms with E-state index in [4.69, 9.17) is 16.0 Å². The Bertz CT molecular complexity index is 1050. The van der Waals surface area contributed by atoms with E-state index in [1.54, 1.807) is 35.4 Å². The van der Waals surface area contributed by atoms with Crippen molar-refractivity contribution in [2.75, 3.05) is 39.3 Å². The predicted octanol–water partition coefficient (Wildman–Crippen LogP) is 2.83. The molecule has 2 amide bonds. The van der Waals surface area contributed by atoms with Crippen molar-refractivity contribution in [3.8, 4) is 0 Å². The van der Waals surface area contributed by atoms with Crippen molar-refractivity contribution in [3.05, 3.63) is 51.6 Å². The Labute approximate surface area is 176 Å². The van der Waals surface area contributed by atoms with Crippen LogP contribution >= 0.6 is 22.9 Å². The number of piperazine rings is 1. The molecule has 1 aromatic carbocycles. The Morgan fingerprint density at radius 1 is 1.07 bits per heavy atom. The van der Waals surface area contributed by atoms with Gasteiger partial charge < -0.3 is 14.2 Å². The van der Waals surface area contributed by atoms with Crippen LogP contribution in [0.1, 0.15) is 20.4 Å². The molecule has 4 heterocycles. The zero-order chi connectivity index (χ0) is 20.0. The molecule has 2 saturated heterocycles. The first kappa shape index (κ1) is 18.6. The van der Waals surface area contributed by atoms with Crippen LogP contribution in [0.15, 0.2) is 40.3 Å². The largest absolute Gasteiger partial charge is 0.451 e. The van der Waals surface area contributed by atoms with Gasteiger partial charge in [0.15, 0.2) is 10.8 Å². The molecule has 0 unspecified atom stereocenters. The van der Waals surface area contributed by atoms with Crippen molar-refractivity contribution < 1.29 is 14.0 Å². The van der Waals surface area contributed by atoms with E-state index < -0.39 is 0 Å². The van der Waals surface area contributed by atoms with Gasteiger partial charge in [0.2, 0.25) is 0 Å². The van der Waals surface area contributed by atoms with E-state index in [-0.39, 0.29) is 11.8 Å². The molecule has 3 aromatic rings. The van der Waals surface area contributed by atoms with Gasteiger partial charge in [-0.2, -0.15) is 0 Å². The first-order chi connectivity index (χ1) is 14.1. The second-order valence-electron chi connectivity index (χ2n) is 7.32. The summed E-state index contributed by atoms with van der Waals surface area (Å²) in [5, 5.41) is 3.82. The fourth-order valence-corrected chi connectivity index (χ4v) is 4.66. The van der Waals surface area contributed by atoms with E-state index in [0.29, 0.717) is 53.6 Å². The Balaban J connectivity index is 1.15. The minimum Gasteiger partial charge on any atom is -0.451 e. The molecule has 5 rings (SSSR count). The number of nitrogens with zero attached hydrogens (tertiary/aromatic N) is 4. The minimum atomic E-state index is -0.0915. The van der Waals surface area contributed by atoms with Crippen molar-refractivity contribution in [3.63, 3.8) is 0 Å². The molecule has 0 bridgehead atoms. The van der Waals surface area contributed by atoms with Crippen LogP contribution < -0.4 is 0 Å². The standard InChI is InChI=1S/C20H19ClN4O3S/c21-14-1-2-16-13(9-14)10-17(28-16)19(26)25-11-15(12-25)23-4-6-24(7-5-23)20(27)18-22-3-8-29-18/h1-3,8-10,15H,4-7,11-12H2. The number of amides is 2. The van der Waals surface area contributed by atoms with Gasteiger partial charge in [-0.1, -0.05) is 11.6 Å². The number of furan rings is 1. The normalized spacial score (nSPS) is 18.2. The number of hydrogen-bond acceptors (Lipinski definition) is 6. The van der Waals surface area contributed by atoms with Crippen LogP contribution in [0.5, 0.6) is 0 Å². The maximum absolute atomic E-state index is 12.7. The molecule has 9 heteroatoms. The summed E-state index contributed by atoms with van der Waals surface area (Å²) in [4.78, 5) is 35.2. The van der Waals surface area contributed by atoms with E-state index in [0.717, 1.165) is 18.5 Å². The number of thiazole rings is 1. The minimum absolute atomic E-state index is 0.00931. The van der Waals surface area contributed by atoms with E-state index >= 15 is 0 Å². The van der Waals surface area contributed by atoms with Gasteiger partial charge in [-0.25, -0.2) is 4.98 Å². The van der Waals surface area contributed by atoms with E-state index in [2.05, 4.69) is 9.88 Å². The lowest BCUT2D eigenvalue weighted by molar-refractivity contribution is 0.00708. The first-order valence-electron chi connectivity index (χ1n) is 9.50. The monoisotopic (exact) mass is 430 g/mol. The number of hydrogen-bond donors (Lipinski definition) is 0. The lowest BCUT2D eigenvalue weighted by atomic mass is 10.1. The number of fused-ring (bicyclic) bond motifs is 1. The van der Waals surface area contributed by atoms with Gasteiger partial charge in [0.25, 0.3) is 11.8 Å². The Morgan fingerprint density at radius 3 is 2.59 bits per heavy atom. The highest BCUT2D eigenvalue weighted by atomic mass is 35.5. The quantitative estimate of drug-likeness (QED) is 0.639. The SMILES string of the molecule is O=C(c1cc2cc(Cl)ccc2o1)N1CC(N2CCN(C(=O)c3nccs3)CC2)C1. The van der Waals surface area contributed by atoms with Crippen LogP contribution in [0.25, 0.3) is 11.0 Å². The Hall–Kier alpha value is -2.42. The maximum Gasteiger partial charge on any atom is 0.289 e. The van der Waals surface area contributed by atoms with Gasteiger partial charge in [-0.15, -0.1) is 11.3 Å². The summed E-state index contributed by atoms with van der Waals surface area (Å²) >= 11 is 7.38. The molecule has 0 saturated carbocycles. The predicted molar refractivity (Wildman–Crippen MR) is 111 cm³/mol. The van der Waals surface area contributed by atoms with Crippen LogP contribution in [0, 0.1) is 0 Å². The molecule has 0 aliphatic carbocycles. The Kier molecular flexibility index (Phi) is 4.77. The van der Waals surface area contributed by atoms with Crippen molar-refractivity contribution in [1.82, 2.24) is 19.7 Å². The third-order valence-electron chi connectivity index (χ3n) is 5.57. The molecule has 2 aliphatic heterocycles. The second-order valence-corrected chi connectivity index (χ2v) is 8.65. The number of halogens is 1. The Morgan fingerprint density at radius 2 is 1.86 bits per heavy atom. The van der Waals surface area contributed by atoms with Gasteiger partial charge in [0.05, 0.1) is 0 Å². The average Bonchev–Trinajstić information content (AvgIpc) is 3.36. The summed E-state index contributed by atoms with van der Waals surface area (Å²) in [5.41, 5.74) is 0.663. The molecule has 0 N–H and O–H groups in total. The highest BCUT2D eigenvalue weighted by molar-refractivity contribution is 7.11. The third-order valence-corrected chi connectivity index (χ3v) is 6.57. The molecule has 29 heavy (non-hydrogen) atoms. The second kappa shape index (κ2) is 7.44. The van der Waals surface area contributed by atoms with Crippen LogP contribution in [-0.4, -0.2) is 76.8 Å². The van der Waals surface area contributed by atoms with Crippen LogP contribution in [0.2, 0.25) is 5.02 Å². The maximum atomic E-state index is 12.7. The molecule has 7 nitrogen and oxygen atoms in total. The lowest BCUT2D eigenvalue weighted by Gasteiger charge is -2.47. The number of rotatable bonds is 3. The van der Waals surface area contributed by atoms with Gasteiger partial charge in [0, 0.05) is 67.3 Å². The number of benzene rings is 1. The average molecular weight is 431 g/mol. The number of likely N-dealkylation sites (tertiary alicyclic amines) is 1. The summed E-state index contributed by atoms with van der Waals surface area (Å²) in [5.74, 6) is 0.265. The first-order valence-corrected chi connectivity index (χ1v) is 10.8. The molecule has 2 aliphatic rings. The van der Waals surface area contributed by atoms with Crippen molar-refractivity contribution >= 4 is 45.7 Å². The van der Waals surface area contributed by atoms with Crippen molar-refractivity contribution in [2.24, 2.45) is 0 Å². The lowest BCUT2D eigenvalue weighted by Crippen LogP contribution is -2.64. The highest BCUT2D eigenvalue weighted by Gasteiger charge is 2.38. The molecule has 0 spiro atoms. The fraction of sp³-hybridized carbons (Fsp3) is 0.350. The van der Waals surface area contributed by atoms with E-state index in [9.17, 15) is 9.59 Å². The fourth-order valence-electron chi connectivity index (χ4n) is 3.88. The third kappa shape index (κ3) is 3.52. The highest BCUT2D eigenvalue weighted by Crippen LogP contribution is 2.26. The summed E-state index contributed by atoms with van der Waals surface area (Å²) in [6.07, 6.45) is 1.66. The zero-order valence-electron chi connectivity index (χ0n) is 15.6. The van der Waals surface area contributed by atoms with Gasteiger partial charge in [-0.05, 0) is 24.3 Å². The van der Waals surface area contributed by atoms with Crippen molar-refractivity contribution in [1.29, 1.82) is 0 Å². The van der Waals surface area contributed by atoms with Crippen LogP contribution in [-0.2, 0) is 0 Å². The number of carbonyl (C=O) groups excluding carboxylic acids is 2. The van der Waals surface area contributed by atoms with Gasteiger partial charge >= 0.3 is 0 Å². The summed E-state index contributed by atoms with van der Waals surface area (Å²) < 4.78 is 5.69. The molecule has 150 valence electrons. The smallest absolute Gasteiger partial charge is 0.289 e. The molecule has 2 aromatic heterocycles. The van der Waals surface area contributed by atoms with Gasteiger partial charge in [0.1, 0.15) is 5.58 Å². The molecular weight excluding hydrogens is 412 g/mol. The molecular formula is C20H19ClN4O3S. The van der Waals surface area contributed by atoms with E-state index in [1.807, 2.05) is 10.3 Å². The van der Waals surface area contributed by atoms with Crippen LogP contribution in [0.3, 0.4) is 0 Å². The summed E-state index contributed by atoms with van der Waals surface area (Å²) in [7, 11) is 0. The van der Waals surface area contributed by atoms with Crippen LogP contribution in [0.4, 0.5) is 0 Å². The number of aromatic nitrogens is 1. The van der Waals surface area contributed by atoms with Gasteiger partial charge in [-0.3, -0.25) is 14.5 Å². The zero-order valence-corrected chi connectivity index (χ0v) is 17.2. The molecule has 0 radical (unpaired) electrons. The summed E-state index contributed by atoms with van der Waals surface area (Å²) in [6.45, 7) is 4.36. The topological polar surface area (TPSA) is 69.9 Å². The number of carbonyl (C=O) groups is 2. The van der Waals surface area contributed by atoms with E-state index in [1.165, 1.54) is 11.3 Å². The van der Waals surface area contributed by atoms with Crippen molar-refractivity contribution in [2.45, 2.75) is 6.04 Å². The molecule has 2 fully saturated rings. The summed E-state index contributed by atoms with van der Waals surface area (Å²) in [6, 6.07) is 7.40.